The van der Waals surface area contributed by atoms with Crippen molar-refractivity contribution < 1.29 is 19.1 Å². The van der Waals surface area contributed by atoms with Crippen LogP contribution in [0.2, 0.25) is 0 Å². The zero-order valence-electron chi connectivity index (χ0n) is 10.3. The zero-order valence-corrected chi connectivity index (χ0v) is 10.3. The van der Waals surface area contributed by atoms with Crippen molar-refractivity contribution in [2.45, 2.75) is 0 Å². The number of nitrogens with zero attached hydrogens (tertiary/aromatic N) is 3. The number of halogens is 1. The van der Waals surface area contributed by atoms with E-state index in [1.165, 1.54) is 18.2 Å². The van der Waals surface area contributed by atoms with Gasteiger partial charge >= 0.3 is 5.97 Å². The molecule has 6 nitrogen and oxygen atoms in total. The topological polar surface area (TPSA) is 73.7 Å². The second-order valence-corrected chi connectivity index (χ2v) is 4.31. The maximum atomic E-state index is 12.9. The number of carboxylic acids is 1. The van der Waals surface area contributed by atoms with Crippen molar-refractivity contribution in [1.29, 1.82) is 0 Å². The lowest BCUT2D eigenvalue weighted by Gasteiger charge is -2.33. The van der Waals surface area contributed by atoms with E-state index in [0.29, 0.717) is 26.2 Å². The van der Waals surface area contributed by atoms with E-state index in [4.69, 9.17) is 5.11 Å². The van der Waals surface area contributed by atoms with Crippen LogP contribution in [0.1, 0.15) is 10.5 Å². The molecule has 1 aromatic heterocycles. The summed E-state index contributed by atoms with van der Waals surface area (Å²) in [7, 11) is 0. The van der Waals surface area contributed by atoms with Gasteiger partial charge in [-0.25, -0.2) is 4.98 Å². The number of aromatic nitrogens is 1. The van der Waals surface area contributed by atoms with Crippen LogP contribution in [0.5, 0.6) is 0 Å². The number of aliphatic carboxylic acids is 1. The predicted molar refractivity (Wildman–Crippen MR) is 64.2 cm³/mol. The molecule has 1 fully saturated rings. The number of hydrogen-bond acceptors (Lipinski definition) is 4. The van der Waals surface area contributed by atoms with Crippen molar-refractivity contribution in [2.24, 2.45) is 0 Å². The summed E-state index contributed by atoms with van der Waals surface area (Å²) in [6, 6.07) is 4.09. The number of amides is 1. The van der Waals surface area contributed by atoms with Crippen LogP contribution >= 0.6 is 0 Å². The first-order valence-electron chi connectivity index (χ1n) is 5.92. The Balaban J connectivity index is 1.94. The molecular formula is C12H14FN3O3. The number of carbonyl (C=O) groups excluding carboxylic acids is 1. The number of carboxylic acid groups (broad SMARTS) is 1. The standard InChI is InChI=1S/C12H14FN3O3/c13-10-3-1-2-9(14-10)12(19)16-6-4-15(5-7-16)8-11(17)18/h1-3H,4-8H2,(H,17,18). The Morgan fingerprint density at radius 2 is 1.95 bits per heavy atom. The van der Waals surface area contributed by atoms with Crippen molar-refractivity contribution >= 4 is 11.9 Å². The summed E-state index contributed by atoms with van der Waals surface area (Å²) in [6.45, 7) is 1.80. The lowest BCUT2D eigenvalue weighted by atomic mass is 10.2. The average Bonchev–Trinajstić information content (AvgIpc) is 2.38. The fourth-order valence-electron chi connectivity index (χ4n) is 1.99. The molecule has 0 aromatic carbocycles. The van der Waals surface area contributed by atoms with E-state index in [0.717, 1.165) is 0 Å². The van der Waals surface area contributed by atoms with Gasteiger partial charge in [-0.2, -0.15) is 4.39 Å². The molecule has 2 heterocycles. The molecule has 2 rings (SSSR count). The Hall–Kier alpha value is -2.02. The van der Waals surface area contributed by atoms with Crippen LogP contribution in [-0.2, 0) is 4.79 Å². The van der Waals surface area contributed by atoms with E-state index in [2.05, 4.69) is 4.98 Å². The first-order chi connectivity index (χ1) is 9.06. The minimum Gasteiger partial charge on any atom is -0.480 e. The van der Waals surface area contributed by atoms with Crippen LogP contribution in [0.3, 0.4) is 0 Å². The summed E-state index contributed by atoms with van der Waals surface area (Å²) in [5.74, 6) is -1.89. The Kier molecular flexibility index (Phi) is 4.06. The first kappa shape index (κ1) is 13.4. The lowest BCUT2D eigenvalue weighted by Crippen LogP contribution is -2.50. The number of carbonyl (C=O) groups is 2. The molecule has 19 heavy (non-hydrogen) atoms. The molecule has 1 saturated heterocycles. The summed E-state index contributed by atoms with van der Waals surface area (Å²) < 4.78 is 12.9. The molecular weight excluding hydrogens is 253 g/mol. The van der Waals surface area contributed by atoms with Crippen molar-refractivity contribution in [3.05, 3.63) is 29.8 Å². The number of pyridine rings is 1. The van der Waals surface area contributed by atoms with Gasteiger partial charge in [0.15, 0.2) is 0 Å². The molecule has 0 unspecified atom stereocenters. The summed E-state index contributed by atoms with van der Waals surface area (Å²) in [4.78, 5) is 29.5. The number of piperazine rings is 1. The molecule has 0 saturated carbocycles. The SMILES string of the molecule is O=C(O)CN1CCN(C(=O)c2cccc(F)n2)CC1. The minimum absolute atomic E-state index is 0.0275. The Bertz CT molecular complexity index is 487. The Morgan fingerprint density at radius 3 is 2.53 bits per heavy atom. The third kappa shape index (κ3) is 3.47. The van der Waals surface area contributed by atoms with Crippen molar-refractivity contribution in [3.63, 3.8) is 0 Å². The van der Waals surface area contributed by atoms with Gasteiger partial charge in [0.1, 0.15) is 5.69 Å². The molecule has 0 bridgehead atoms. The maximum Gasteiger partial charge on any atom is 0.317 e. The quantitative estimate of drug-likeness (QED) is 0.784. The fourth-order valence-corrected chi connectivity index (χ4v) is 1.99. The molecule has 0 aliphatic carbocycles. The van der Waals surface area contributed by atoms with Gasteiger partial charge in [-0.3, -0.25) is 14.5 Å². The van der Waals surface area contributed by atoms with Crippen LogP contribution in [-0.4, -0.2) is 64.5 Å². The molecule has 1 aliphatic heterocycles. The van der Waals surface area contributed by atoms with Crippen LogP contribution in [0, 0.1) is 5.95 Å². The zero-order chi connectivity index (χ0) is 13.8. The van der Waals surface area contributed by atoms with Gasteiger partial charge in [-0.05, 0) is 12.1 Å². The largest absolute Gasteiger partial charge is 0.480 e. The molecule has 7 heteroatoms. The molecule has 1 amide bonds. The Labute approximate surface area is 109 Å². The summed E-state index contributed by atoms with van der Waals surface area (Å²) in [5.41, 5.74) is 0.0756. The highest BCUT2D eigenvalue weighted by Crippen LogP contribution is 2.07. The predicted octanol–water partition coefficient (Wildman–Crippen LogP) is 0.0631. The highest BCUT2D eigenvalue weighted by molar-refractivity contribution is 5.92. The second-order valence-electron chi connectivity index (χ2n) is 4.31. The van der Waals surface area contributed by atoms with Crippen LogP contribution < -0.4 is 0 Å². The highest BCUT2D eigenvalue weighted by atomic mass is 19.1. The van der Waals surface area contributed by atoms with Gasteiger partial charge in [0.25, 0.3) is 5.91 Å². The van der Waals surface area contributed by atoms with Gasteiger partial charge < -0.3 is 10.0 Å². The molecule has 1 aliphatic rings. The van der Waals surface area contributed by atoms with E-state index >= 15 is 0 Å². The number of rotatable bonds is 3. The van der Waals surface area contributed by atoms with Crippen molar-refractivity contribution in [1.82, 2.24) is 14.8 Å². The molecule has 0 radical (unpaired) electrons. The molecule has 1 aromatic rings. The second kappa shape index (κ2) is 5.75. The van der Waals surface area contributed by atoms with E-state index in [9.17, 15) is 14.0 Å². The van der Waals surface area contributed by atoms with E-state index < -0.39 is 11.9 Å². The number of hydrogen-bond donors (Lipinski definition) is 1. The highest BCUT2D eigenvalue weighted by Gasteiger charge is 2.23. The molecule has 0 atom stereocenters. The lowest BCUT2D eigenvalue weighted by molar-refractivity contribution is -0.138. The monoisotopic (exact) mass is 267 g/mol. The molecule has 102 valence electrons. The van der Waals surface area contributed by atoms with Gasteiger partial charge in [0.05, 0.1) is 6.54 Å². The van der Waals surface area contributed by atoms with Gasteiger partial charge in [-0.15, -0.1) is 0 Å². The minimum atomic E-state index is -0.883. The summed E-state index contributed by atoms with van der Waals surface area (Å²) in [6.07, 6.45) is 0. The third-order valence-corrected chi connectivity index (χ3v) is 2.95. The summed E-state index contributed by atoms with van der Waals surface area (Å²) >= 11 is 0. The smallest absolute Gasteiger partial charge is 0.317 e. The van der Waals surface area contributed by atoms with Crippen molar-refractivity contribution in [3.8, 4) is 0 Å². The van der Waals surface area contributed by atoms with Crippen molar-refractivity contribution in [2.75, 3.05) is 32.7 Å². The van der Waals surface area contributed by atoms with E-state index in [1.54, 1.807) is 9.80 Å². The van der Waals surface area contributed by atoms with Gasteiger partial charge in [-0.1, -0.05) is 6.07 Å². The van der Waals surface area contributed by atoms with Gasteiger partial charge in [0, 0.05) is 26.2 Å². The summed E-state index contributed by atoms with van der Waals surface area (Å²) in [5, 5.41) is 8.68. The third-order valence-electron chi connectivity index (χ3n) is 2.95. The fraction of sp³-hybridized carbons (Fsp3) is 0.417. The van der Waals surface area contributed by atoms with E-state index in [1.807, 2.05) is 0 Å². The Morgan fingerprint density at radius 1 is 1.26 bits per heavy atom. The average molecular weight is 267 g/mol. The first-order valence-corrected chi connectivity index (χ1v) is 5.92. The normalized spacial score (nSPS) is 16.4. The van der Waals surface area contributed by atoms with Crippen LogP contribution in [0.4, 0.5) is 4.39 Å². The van der Waals surface area contributed by atoms with Crippen LogP contribution in [0.15, 0.2) is 18.2 Å². The maximum absolute atomic E-state index is 12.9. The molecule has 0 spiro atoms. The van der Waals surface area contributed by atoms with E-state index in [-0.39, 0.29) is 18.1 Å². The molecule has 1 N–H and O–H groups in total. The van der Waals surface area contributed by atoms with Gasteiger partial charge in [0.2, 0.25) is 5.95 Å². The van der Waals surface area contributed by atoms with Crippen LogP contribution in [0.25, 0.3) is 0 Å².